The molecule has 0 amide bonds. The van der Waals surface area contributed by atoms with Crippen molar-refractivity contribution in [2.45, 2.75) is 20.1 Å². The predicted octanol–water partition coefficient (Wildman–Crippen LogP) is -0.172. The van der Waals surface area contributed by atoms with Gasteiger partial charge in [0.1, 0.15) is 23.7 Å². The van der Waals surface area contributed by atoms with E-state index in [0.717, 1.165) is 32.0 Å². The summed E-state index contributed by atoms with van der Waals surface area (Å²) in [5.74, 6) is 2.07. The number of nitrogens with two attached hydrogens (primary N) is 1. The molecule has 0 aliphatic carbocycles. The van der Waals surface area contributed by atoms with Crippen LogP contribution in [0.5, 0.6) is 0 Å². The van der Waals surface area contributed by atoms with Crippen LogP contribution in [0.15, 0.2) is 6.07 Å². The number of aliphatic hydroxyl groups excluding tert-OH is 1. The van der Waals surface area contributed by atoms with Crippen molar-refractivity contribution in [2.24, 2.45) is 0 Å². The molecule has 0 radical (unpaired) electrons. The number of aliphatic hydroxyl groups is 1. The summed E-state index contributed by atoms with van der Waals surface area (Å²) >= 11 is 0. The van der Waals surface area contributed by atoms with Gasteiger partial charge in [0.15, 0.2) is 0 Å². The third kappa shape index (κ3) is 2.83. The molecule has 1 unspecified atom stereocenters. The van der Waals surface area contributed by atoms with E-state index in [2.05, 4.69) is 14.9 Å². The second-order valence-corrected chi connectivity index (χ2v) is 4.35. The smallest absolute Gasteiger partial charge is 0.134 e. The van der Waals surface area contributed by atoms with Crippen molar-refractivity contribution in [3.8, 4) is 0 Å². The van der Waals surface area contributed by atoms with Crippen LogP contribution in [-0.4, -0.2) is 52.4 Å². The molecule has 2 heterocycles. The average molecular weight is 237 g/mol. The van der Waals surface area contributed by atoms with E-state index in [1.165, 1.54) is 0 Å². The maximum atomic E-state index is 9.48. The Morgan fingerprint density at radius 3 is 2.47 bits per heavy atom. The highest BCUT2D eigenvalue weighted by molar-refractivity contribution is 5.47. The fourth-order valence-corrected chi connectivity index (χ4v) is 2.06. The first kappa shape index (κ1) is 12.1. The molecule has 1 aromatic heterocycles. The van der Waals surface area contributed by atoms with Crippen LogP contribution >= 0.6 is 0 Å². The predicted molar refractivity (Wildman–Crippen MR) is 66.6 cm³/mol. The maximum Gasteiger partial charge on any atom is 0.134 e. The first-order valence-corrected chi connectivity index (χ1v) is 5.84. The Balaban J connectivity index is 2.05. The van der Waals surface area contributed by atoms with Gasteiger partial charge in [-0.15, -0.1) is 0 Å². The molecule has 94 valence electrons. The van der Waals surface area contributed by atoms with Gasteiger partial charge >= 0.3 is 0 Å². The molecule has 1 aliphatic heterocycles. The first-order valence-electron chi connectivity index (χ1n) is 5.84. The lowest BCUT2D eigenvalue weighted by molar-refractivity contribution is 0.0152. The van der Waals surface area contributed by atoms with E-state index < -0.39 is 0 Å². The van der Waals surface area contributed by atoms with Gasteiger partial charge < -0.3 is 15.7 Å². The Kier molecular flexibility index (Phi) is 3.44. The third-order valence-corrected chi connectivity index (χ3v) is 3.01. The molecule has 6 nitrogen and oxygen atoms in total. The Hall–Kier alpha value is -1.40. The standard InChI is InChI=1S/C11H19N5O/c1-8-13-10(12)7-11(14-8)16-5-3-15(4-6-16)9(2)17/h7,9,17H,3-6H2,1-2H3,(H2,12,13,14). The van der Waals surface area contributed by atoms with Gasteiger partial charge in [0, 0.05) is 32.2 Å². The lowest BCUT2D eigenvalue weighted by atomic mass is 10.3. The fraction of sp³-hybridized carbons (Fsp3) is 0.636. The van der Waals surface area contributed by atoms with Crippen molar-refractivity contribution < 1.29 is 5.11 Å². The summed E-state index contributed by atoms with van der Waals surface area (Å²) in [5, 5.41) is 9.48. The van der Waals surface area contributed by atoms with Crippen LogP contribution in [0, 0.1) is 6.92 Å². The van der Waals surface area contributed by atoms with Crippen molar-refractivity contribution >= 4 is 11.6 Å². The molecular formula is C11H19N5O. The van der Waals surface area contributed by atoms with Crippen molar-refractivity contribution in [1.82, 2.24) is 14.9 Å². The summed E-state index contributed by atoms with van der Waals surface area (Å²) in [6, 6.07) is 1.80. The van der Waals surface area contributed by atoms with Crippen LogP contribution in [0.4, 0.5) is 11.6 Å². The first-order chi connectivity index (χ1) is 8.06. The van der Waals surface area contributed by atoms with E-state index in [1.807, 2.05) is 11.8 Å². The van der Waals surface area contributed by atoms with Crippen LogP contribution in [-0.2, 0) is 0 Å². The zero-order chi connectivity index (χ0) is 12.4. The number of nitrogen functional groups attached to an aromatic ring is 1. The molecule has 3 N–H and O–H groups in total. The van der Waals surface area contributed by atoms with Crippen molar-refractivity contribution in [3.63, 3.8) is 0 Å². The zero-order valence-electron chi connectivity index (χ0n) is 10.3. The molecule has 1 atom stereocenters. The van der Waals surface area contributed by atoms with Gasteiger partial charge in [-0.2, -0.15) is 0 Å². The van der Waals surface area contributed by atoms with Gasteiger partial charge in [-0.25, -0.2) is 9.97 Å². The van der Waals surface area contributed by atoms with E-state index in [9.17, 15) is 5.11 Å². The van der Waals surface area contributed by atoms with E-state index in [0.29, 0.717) is 11.6 Å². The summed E-state index contributed by atoms with van der Waals surface area (Å²) in [4.78, 5) is 12.6. The molecule has 0 saturated carbocycles. The molecular weight excluding hydrogens is 218 g/mol. The van der Waals surface area contributed by atoms with E-state index >= 15 is 0 Å². The van der Waals surface area contributed by atoms with E-state index in [4.69, 9.17) is 5.73 Å². The highest BCUT2D eigenvalue weighted by Gasteiger charge is 2.20. The number of aryl methyl sites for hydroxylation is 1. The summed E-state index contributed by atoms with van der Waals surface area (Å²) in [6.07, 6.45) is -0.380. The van der Waals surface area contributed by atoms with Crippen molar-refractivity contribution in [3.05, 3.63) is 11.9 Å². The fourth-order valence-electron chi connectivity index (χ4n) is 2.06. The molecule has 6 heteroatoms. The minimum atomic E-state index is -0.380. The quantitative estimate of drug-likeness (QED) is 0.743. The number of nitrogens with zero attached hydrogens (tertiary/aromatic N) is 4. The maximum absolute atomic E-state index is 9.48. The van der Waals surface area contributed by atoms with Crippen molar-refractivity contribution in [1.29, 1.82) is 0 Å². The van der Waals surface area contributed by atoms with E-state index in [-0.39, 0.29) is 6.23 Å². The summed E-state index contributed by atoms with van der Waals surface area (Å²) in [6.45, 7) is 7.00. The highest BCUT2D eigenvalue weighted by atomic mass is 16.3. The number of aromatic nitrogens is 2. The largest absolute Gasteiger partial charge is 0.384 e. The summed E-state index contributed by atoms with van der Waals surface area (Å²) in [7, 11) is 0. The number of rotatable bonds is 2. The Morgan fingerprint density at radius 2 is 1.94 bits per heavy atom. The molecule has 1 fully saturated rings. The lowest BCUT2D eigenvalue weighted by Gasteiger charge is -2.36. The van der Waals surface area contributed by atoms with Crippen LogP contribution in [0.1, 0.15) is 12.7 Å². The molecule has 1 aromatic rings. The van der Waals surface area contributed by atoms with Crippen LogP contribution in [0.3, 0.4) is 0 Å². The second kappa shape index (κ2) is 4.85. The molecule has 1 saturated heterocycles. The SMILES string of the molecule is Cc1nc(N)cc(N2CCN(C(C)O)CC2)n1. The second-order valence-electron chi connectivity index (χ2n) is 4.35. The van der Waals surface area contributed by atoms with Gasteiger partial charge in [-0.3, -0.25) is 4.90 Å². The normalized spacial score (nSPS) is 19.4. The average Bonchev–Trinajstić information content (AvgIpc) is 2.28. The van der Waals surface area contributed by atoms with Gasteiger partial charge in [0.25, 0.3) is 0 Å². The number of hydrogen-bond donors (Lipinski definition) is 2. The third-order valence-electron chi connectivity index (χ3n) is 3.01. The Bertz CT molecular complexity index is 367. The molecule has 17 heavy (non-hydrogen) atoms. The van der Waals surface area contributed by atoms with E-state index in [1.54, 1.807) is 13.0 Å². The molecule has 2 rings (SSSR count). The summed E-state index contributed by atoms with van der Waals surface area (Å²) < 4.78 is 0. The monoisotopic (exact) mass is 237 g/mol. The minimum Gasteiger partial charge on any atom is -0.384 e. The van der Waals surface area contributed by atoms with Crippen molar-refractivity contribution in [2.75, 3.05) is 36.8 Å². The highest BCUT2D eigenvalue weighted by Crippen LogP contribution is 2.16. The molecule has 0 aromatic carbocycles. The lowest BCUT2D eigenvalue weighted by Crippen LogP contribution is -2.49. The summed E-state index contributed by atoms with van der Waals surface area (Å²) in [5.41, 5.74) is 5.71. The Morgan fingerprint density at radius 1 is 1.29 bits per heavy atom. The zero-order valence-corrected chi connectivity index (χ0v) is 10.3. The topological polar surface area (TPSA) is 78.5 Å². The van der Waals surface area contributed by atoms with Crippen LogP contribution in [0.25, 0.3) is 0 Å². The van der Waals surface area contributed by atoms with Gasteiger partial charge in [-0.05, 0) is 13.8 Å². The minimum absolute atomic E-state index is 0.380. The van der Waals surface area contributed by atoms with Crippen LogP contribution in [0.2, 0.25) is 0 Å². The molecule has 1 aliphatic rings. The van der Waals surface area contributed by atoms with Crippen LogP contribution < -0.4 is 10.6 Å². The molecule has 0 spiro atoms. The van der Waals surface area contributed by atoms with Gasteiger partial charge in [0.2, 0.25) is 0 Å². The number of hydrogen-bond acceptors (Lipinski definition) is 6. The Labute approximate surface area is 101 Å². The number of piperazine rings is 1. The van der Waals surface area contributed by atoms with Gasteiger partial charge in [-0.1, -0.05) is 0 Å². The molecule has 0 bridgehead atoms. The van der Waals surface area contributed by atoms with Gasteiger partial charge in [0.05, 0.1) is 0 Å². The number of anilines is 2.